The number of rotatable bonds is 12. The maximum atomic E-state index is 13.4. The highest BCUT2D eigenvalue weighted by Crippen LogP contribution is 2.40. The van der Waals surface area contributed by atoms with E-state index < -0.39 is 22.0 Å². The van der Waals surface area contributed by atoms with Crippen molar-refractivity contribution in [3.63, 3.8) is 0 Å². The minimum atomic E-state index is -4.11. The van der Waals surface area contributed by atoms with Crippen molar-refractivity contribution < 1.29 is 27.5 Å². The van der Waals surface area contributed by atoms with E-state index in [-0.39, 0.29) is 22.5 Å². The van der Waals surface area contributed by atoms with Crippen molar-refractivity contribution in [3.05, 3.63) is 131 Å². The van der Waals surface area contributed by atoms with Gasteiger partial charge in [0.25, 0.3) is 15.9 Å². The molecule has 1 atom stereocenters. The van der Waals surface area contributed by atoms with Crippen LogP contribution in [0.4, 0.5) is 10.5 Å². The third-order valence-electron chi connectivity index (χ3n) is 9.97. The van der Waals surface area contributed by atoms with Gasteiger partial charge in [-0.15, -0.1) is 0 Å². The van der Waals surface area contributed by atoms with E-state index in [0.29, 0.717) is 23.4 Å². The van der Waals surface area contributed by atoms with Crippen molar-refractivity contribution in [3.8, 4) is 5.75 Å². The van der Waals surface area contributed by atoms with Crippen LogP contribution in [-0.4, -0.2) is 43.6 Å². The van der Waals surface area contributed by atoms with Crippen LogP contribution in [0.3, 0.4) is 0 Å². The Kier molecular flexibility index (Phi) is 10.5. The van der Waals surface area contributed by atoms with Gasteiger partial charge in [-0.1, -0.05) is 48.5 Å². The fourth-order valence-electron chi connectivity index (χ4n) is 7.26. The normalized spacial score (nSPS) is 13.9. The molecule has 7 rings (SSSR count). The van der Waals surface area contributed by atoms with E-state index in [2.05, 4.69) is 27.2 Å². The third-order valence-corrected chi connectivity index (χ3v) is 11.5. The van der Waals surface area contributed by atoms with E-state index in [1.165, 1.54) is 13.2 Å². The molecule has 6 aromatic rings. The third kappa shape index (κ3) is 8.05. The van der Waals surface area contributed by atoms with E-state index in [9.17, 15) is 18.0 Å². The average molecular weight is 731 g/mol. The second kappa shape index (κ2) is 15.5. The lowest BCUT2D eigenvalue weighted by Gasteiger charge is -2.21. The molecule has 0 spiro atoms. The Morgan fingerprint density at radius 2 is 1.72 bits per heavy atom. The molecule has 0 bridgehead atoms. The minimum absolute atomic E-state index is 0.0397. The fraction of sp³-hybridized carbons (Fsp3) is 0.262. The van der Waals surface area contributed by atoms with Crippen LogP contribution in [0.25, 0.3) is 21.8 Å². The Hall–Kier alpha value is -5.68. The molecule has 2 aromatic heterocycles. The van der Waals surface area contributed by atoms with Crippen LogP contribution in [-0.2, 0) is 21.2 Å². The first-order valence-electron chi connectivity index (χ1n) is 17.9. The number of nitrogens with one attached hydrogen (secondary N) is 3. The van der Waals surface area contributed by atoms with Crippen molar-refractivity contribution in [2.75, 3.05) is 12.4 Å². The molecule has 0 radical (unpaired) electrons. The fourth-order valence-corrected chi connectivity index (χ4v) is 8.48. The number of H-pyrrole nitrogens is 1. The van der Waals surface area contributed by atoms with E-state index in [0.717, 1.165) is 77.2 Å². The molecule has 11 heteroatoms. The number of hydrogen-bond donors (Lipinski definition) is 3. The molecular weight excluding hydrogens is 689 g/mol. The number of carbonyl (C=O) groups excluding carboxylic acids is 2. The van der Waals surface area contributed by atoms with Crippen LogP contribution < -0.4 is 14.8 Å². The monoisotopic (exact) mass is 730 g/mol. The number of ether oxygens (including phenoxy) is 2. The Morgan fingerprint density at radius 3 is 2.53 bits per heavy atom. The second-order valence-corrected chi connectivity index (χ2v) is 15.2. The first-order chi connectivity index (χ1) is 25.7. The quantitative estimate of drug-likeness (QED) is 0.114. The molecule has 272 valence electrons. The minimum Gasteiger partial charge on any atom is -0.496 e. The summed E-state index contributed by atoms with van der Waals surface area (Å²) in [7, 11) is -2.57. The van der Waals surface area contributed by atoms with Crippen LogP contribution >= 0.6 is 0 Å². The largest absolute Gasteiger partial charge is 0.496 e. The van der Waals surface area contributed by atoms with Gasteiger partial charge in [0.1, 0.15) is 11.9 Å². The summed E-state index contributed by atoms with van der Waals surface area (Å²) in [5, 5.41) is 4.92. The summed E-state index contributed by atoms with van der Waals surface area (Å²) in [6.07, 6.45) is 7.58. The molecule has 0 saturated heterocycles. The number of anilines is 1. The maximum Gasteiger partial charge on any atom is 0.411 e. The number of hydrogen-bond acceptors (Lipinski definition) is 7. The van der Waals surface area contributed by atoms with Crippen LogP contribution in [0, 0.1) is 6.92 Å². The van der Waals surface area contributed by atoms with Crippen molar-refractivity contribution in [1.29, 1.82) is 0 Å². The average Bonchev–Trinajstić information content (AvgIpc) is 3.83. The Morgan fingerprint density at radius 1 is 0.925 bits per heavy atom. The molecule has 53 heavy (non-hydrogen) atoms. The number of methoxy groups -OCH3 is 1. The van der Waals surface area contributed by atoms with E-state index >= 15 is 0 Å². The zero-order valence-corrected chi connectivity index (χ0v) is 30.5. The number of nitrogens with zero attached hydrogens (tertiary/aromatic N) is 1. The number of carbonyl (C=O) groups is 2. The molecule has 2 amide bonds. The van der Waals surface area contributed by atoms with Gasteiger partial charge in [-0.25, -0.2) is 17.9 Å². The van der Waals surface area contributed by atoms with E-state index in [1.807, 2.05) is 54.7 Å². The van der Waals surface area contributed by atoms with Gasteiger partial charge in [-0.05, 0) is 112 Å². The van der Waals surface area contributed by atoms with Crippen LogP contribution in [0.2, 0.25) is 0 Å². The van der Waals surface area contributed by atoms with Crippen molar-refractivity contribution in [1.82, 2.24) is 14.7 Å². The zero-order valence-electron chi connectivity index (χ0n) is 29.7. The van der Waals surface area contributed by atoms with Crippen LogP contribution in [0.15, 0.2) is 108 Å². The highest BCUT2D eigenvalue weighted by Gasteiger charge is 2.26. The molecule has 4 aromatic carbocycles. The summed E-state index contributed by atoms with van der Waals surface area (Å²) in [5.41, 5.74) is 5.95. The van der Waals surface area contributed by atoms with Gasteiger partial charge in [0.05, 0.1) is 17.5 Å². The first kappa shape index (κ1) is 35.7. The number of benzene rings is 4. The van der Waals surface area contributed by atoms with Crippen molar-refractivity contribution in [2.24, 2.45) is 0 Å². The van der Waals surface area contributed by atoms with Gasteiger partial charge in [0.15, 0.2) is 0 Å². The van der Waals surface area contributed by atoms with Crippen molar-refractivity contribution >= 4 is 49.5 Å². The lowest BCUT2D eigenvalue weighted by atomic mass is 9.85. The number of para-hydroxylation sites is 1. The summed E-state index contributed by atoms with van der Waals surface area (Å²) in [6.45, 7) is 1.68. The molecule has 1 fully saturated rings. The van der Waals surface area contributed by atoms with Gasteiger partial charge in [0.2, 0.25) is 0 Å². The van der Waals surface area contributed by atoms with Gasteiger partial charge in [-0.3, -0.25) is 15.1 Å². The first-order valence-corrected chi connectivity index (χ1v) is 19.4. The molecule has 1 saturated carbocycles. The van der Waals surface area contributed by atoms with Crippen molar-refractivity contribution in [2.45, 2.75) is 68.8 Å². The second-order valence-electron chi connectivity index (χ2n) is 13.5. The van der Waals surface area contributed by atoms with Crippen LogP contribution in [0.5, 0.6) is 5.75 Å². The molecule has 2 heterocycles. The smallest absolute Gasteiger partial charge is 0.411 e. The number of sulfonamides is 1. The summed E-state index contributed by atoms with van der Waals surface area (Å²) >= 11 is 0. The molecule has 10 nitrogen and oxygen atoms in total. The van der Waals surface area contributed by atoms with E-state index in [1.54, 1.807) is 37.3 Å². The molecule has 1 unspecified atom stereocenters. The molecular formula is C42H42N4O6S. The lowest BCUT2D eigenvalue weighted by Crippen LogP contribution is -2.31. The standard InChI is InChI=1S/C42H42N4O6S/c1-27-10-3-8-17-40(27)53(49,50)46-41(47)29-19-22-34(39(24-29)51-2)33(15-9-12-30-20-18-28-11-4-7-16-37(28)44-30)36-26-43-38-23-21-31(25-35(36)38)45-42(48)52-32-13-5-6-14-32/h3-4,7-8,10-11,16-26,32-33,43H,5-6,9,12-15H2,1-2H3,(H,45,48)(H,46,47). The van der Waals surface area contributed by atoms with E-state index in [4.69, 9.17) is 14.5 Å². The Balaban J connectivity index is 1.19. The van der Waals surface area contributed by atoms with Gasteiger partial charge < -0.3 is 14.5 Å². The maximum absolute atomic E-state index is 13.4. The lowest BCUT2D eigenvalue weighted by molar-refractivity contribution is 0.0980. The van der Waals surface area contributed by atoms with Crippen LogP contribution in [0.1, 0.15) is 77.2 Å². The molecule has 1 aliphatic carbocycles. The number of aryl methyl sites for hydroxylation is 2. The number of aromatic nitrogens is 2. The number of amides is 2. The summed E-state index contributed by atoms with van der Waals surface area (Å²) in [4.78, 5) is 34.4. The summed E-state index contributed by atoms with van der Waals surface area (Å²) < 4.78 is 40.0. The highest BCUT2D eigenvalue weighted by molar-refractivity contribution is 7.90. The summed E-state index contributed by atoms with van der Waals surface area (Å²) in [6, 6.07) is 29.4. The number of pyridine rings is 1. The number of fused-ring (bicyclic) bond motifs is 2. The zero-order chi connectivity index (χ0) is 37.0. The number of aromatic amines is 1. The highest BCUT2D eigenvalue weighted by atomic mass is 32.2. The Bertz CT molecular complexity index is 2400. The SMILES string of the molecule is COc1cc(C(=O)NS(=O)(=O)c2ccccc2C)ccc1C(CCCc1ccc2ccccc2n1)c1c[nH]c2ccc(NC(=O)OC3CCCC3)cc12. The predicted molar refractivity (Wildman–Crippen MR) is 206 cm³/mol. The Labute approximate surface area is 309 Å². The topological polar surface area (TPSA) is 139 Å². The summed E-state index contributed by atoms with van der Waals surface area (Å²) in [5.74, 6) is -0.513. The van der Waals surface area contributed by atoms with Gasteiger partial charge in [-0.2, -0.15) is 0 Å². The predicted octanol–water partition coefficient (Wildman–Crippen LogP) is 8.80. The van der Waals surface area contributed by atoms with Gasteiger partial charge >= 0.3 is 6.09 Å². The molecule has 3 N–H and O–H groups in total. The molecule has 1 aliphatic rings. The molecule has 0 aliphatic heterocycles. The van der Waals surface area contributed by atoms with Gasteiger partial charge in [0, 0.05) is 50.9 Å².